The molecule has 7 nitrogen and oxygen atoms in total. The first-order chi connectivity index (χ1) is 9.86. The highest BCUT2D eigenvalue weighted by Crippen LogP contribution is 2.30. The maximum Gasteiger partial charge on any atom is 0.274 e. The number of hydrogen-bond donors (Lipinski definition) is 1. The van der Waals surface area contributed by atoms with Crippen LogP contribution >= 0.6 is 0 Å². The Morgan fingerprint density at radius 2 is 2.24 bits per heavy atom. The summed E-state index contributed by atoms with van der Waals surface area (Å²) in [6, 6.07) is 6.03. The van der Waals surface area contributed by atoms with Crippen LogP contribution < -0.4 is 5.73 Å². The van der Waals surface area contributed by atoms with Crippen LogP contribution in [-0.4, -0.2) is 42.0 Å². The standard InChI is InChI=1S/C14H19N3O4/c1-14(9-21-8-12(14)15)13(18)16(2)7-10-5-3-4-6-11(10)17(19)20/h3-6,12H,7-9,15H2,1-2H3. The number of rotatable bonds is 4. The Balaban J connectivity index is 2.17. The van der Waals surface area contributed by atoms with Crippen LogP contribution in [0.3, 0.4) is 0 Å². The Hall–Kier alpha value is -1.99. The van der Waals surface area contributed by atoms with Gasteiger partial charge in [0.1, 0.15) is 0 Å². The van der Waals surface area contributed by atoms with Gasteiger partial charge in [-0.2, -0.15) is 0 Å². The van der Waals surface area contributed by atoms with Gasteiger partial charge in [0.25, 0.3) is 5.69 Å². The third-order valence-corrected chi connectivity index (χ3v) is 3.95. The zero-order chi connectivity index (χ0) is 15.6. The lowest BCUT2D eigenvalue weighted by atomic mass is 9.84. The lowest BCUT2D eigenvalue weighted by molar-refractivity contribution is -0.385. The average molecular weight is 293 g/mol. The van der Waals surface area contributed by atoms with E-state index in [0.29, 0.717) is 12.2 Å². The Morgan fingerprint density at radius 1 is 1.57 bits per heavy atom. The van der Waals surface area contributed by atoms with Crippen LogP contribution in [0.2, 0.25) is 0 Å². The summed E-state index contributed by atoms with van der Waals surface area (Å²) in [6.45, 7) is 2.55. The van der Waals surface area contributed by atoms with E-state index >= 15 is 0 Å². The average Bonchev–Trinajstić information content (AvgIpc) is 2.79. The Morgan fingerprint density at radius 3 is 2.81 bits per heavy atom. The van der Waals surface area contributed by atoms with Gasteiger partial charge in [0.2, 0.25) is 5.91 Å². The lowest BCUT2D eigenvalue weighted by Gasteiger charge is -2.30. The number of hydrogen-bond acceptors (Lipinski definition) is 5. The molecule has 1 aliphatic rings. The van der Waals surface area contributed by atoms with Crippen LogP contribution in [0.5, 0.6) is 0 Å². The van der Waals surface area contributed by atoms with Crippen molar-refractivity contribution in [3.05, 3.63) is 39.9 Å². The third-order valence-electron chi connectivity index (χ3n) is 3.95. The van der Waals surface area contributed by atoms with Gasteiger partial charge in [-0.25, -0.2) is 0 Å². The van der Waals surface area contributed by atoms with Crippen LogP contribution in [0.4, 0.5) is 5.69 Å². The highest BCUT2D eigenvalue weighted by molar-refractivity contribution is 5.83. The van der Waals surface area contributed by atoms with Crippen LogP contribution in [0.25, 0.3) is 0 Å². The molecule has 21 heavy (non-hydrogen) atoms. The number of nitro groups is 1. The van der Waals surface area contributed by atoms with Gasteiger partial charge in [0.05, 0.1) is 30.1 Å². The van der Waals surface area contributed by atoms with Crippen molar-refractivity contribution < 1.29 is 14.5 Å². The van der Waals surface area contributed by atoms with Gasteiger partial charge in [-0.1, -0.05) is 18.2 Å². The summed E-state index contributed by atoms with van der Waals surface area (Å²) in [5.41, 5.74) is 5.67. The van der Waals surface area contributed by atoms with Crippen molar-refractivity contribution in [1.29, 1.82) is 0 Å². The first kappa shape index (κ1) is 15.4. The van der Waals surface area contributed by atoms with E-state index in [9.17, 15) is 14.9 Å². The summed E-state index contributed by atoms with van der Waals surface area (Å²) in [5.74, 6) is -0.161. The molecule has 114 valence electrons. The van der Waals surface area contributed by atoms with Crippen molar-refractivity contribution in [2.45, 2.75) is 19.5 Å². The first-order valence-corrected chi connectivity index (χ1v) is 6.67. The molecule has 7 heteroatoms. The van der Waals surface area contributed by atoms with E-state index in [2.05, 4.69) is 0 Å². The fourth-order valence-corrected chi connectivity index (χ4v) is 2.50. The summed E-state index contributed by atoms with van der Waals surface area (Å²) in [4.78, 5) is 24.6. The maximum absolute atomic E-state index is 12.6. The molecule has 1 amide bonds. The van der Waals surface area contributed by atoms with E-state index in [-0.39, 0.29) is 30.8 Å². The molecule has 0 bridgehead atoms. The Kier molecular flexibility index (Phi) is 4.24. The molecule has 1 fully saturated rings. The smallest absolute Gasteiger partial charge is 0.274 e. The molecule has 0 radical (unpaired) electrons. The fraction of sp³-hybridized carbons (Fsp3) is 0.500. The number of nitro benzene ring substituents is 1. The minimum absolute atomic E-state index is 0.00859. The van der Waals surface area contributed by atoms with Gasteiger partial charge in [0, 0.05) is 24.7 Å². The van der Waals surface area contributed by atoms with Crippen LogP contribution in [0.1, 0.15) is 12.5 Å². The highest BCUT2D eigenvalue weighted by Gasteiger charge is 2.45. The molecule has 2 atom stereocenters. The van der Waals surface area contributed by atoms with Gasteiger partial charge in [-0.3, -0.25) is 14.9 Å². The molecular weight excluding hydrogens is 274 g/mol. The number of nitrogens with two attached hydrogens (primary N) is 1. The number of carbonyl (C=O) groups excluding carboxylic acids is 1. The van der Waals surface area contributed by atoms with Crippen molar-refractivity contribution in [2.75, 3.05) is 20.3 Å². The molecule has 0 aliphatic carbocycles. The van der Waals surface area contributed by atoms with E-state index in [1.54, 1.807) is 32.2 Å². The third kappa shape index (κ3) is 2.88. The SMILES string of the molecule is CN(Cc1ccccc1[N+](=O)[O-])C(=O)C1(C)COCC1N. The number of carbonyl (C=O) groups is 1. The van der Waals surface area contributed by atoms with Crippen molar-refractivity contribution in [3.63, 3.8) is 0 Å². The second-order valence-electron chi connectivity index (χ2n) is 5.59. The van der Waals surface area contributed by atoms with Crippen molar-refractivity contribution in [3.8, 4) is 0 Å². The molecule has 1 aromatic carbocycles. The summed E-state index contributed by atoms with van der Waals surface area (Å²) in [6.07, 6.45) is 0. The maximum atomic E-state index is 12.6. The highest BCUT2D eigenvalue weighted by atomic mass is 16.6. The molecule has 1 aliphatic heterocycles. The summed E-state index contributed by atoms with van der Waals surface area (Å²) >= 11 is 0. The number of para-hydroxylation sites is 1. The molecule has 0 aromatic heterocycles. The van der Waals surface area contributed by atoms with Gasteiger partial charge in [-0.15, -0.1) is 0 Å². The second-order valence-corrected chi connectivity index (χ2v) is 5.59. The molecular formula is C14H19N3O4. The van der Waals surface area contributed by atoms with E-state index in [4.69, 9.17) is 10.5 Å². The Bertz CT molecular complexity index is 563. The quantitative estimate of drug-likeness (QED) is 0.657. The van der Waals surface area contributed by atoms with Crippen LogP contribution in [0, 0.1) is 15.5 Å². The van der Waals surface area contributed by atoms with Gasteiger partial charge >= 0.3 is 0 Å². The predicted molar refractivity (Wildman–Crippen MR) is 76.5 cm³/mol. The Labute approximate surface area is 122 Å². The number of benzene rings is 1. The van der Waals surface area contributed by atoms with Crippen LogP contribution in [0.15, 0.2) is 24.3 Å². The summed E-state index contributed by atoms with van der Waals surface area (Å²) < 4.78 is 5.28. The zero-order valence-electron chi connectivity index (χ0n) is 12.1. The zero-order valence-corrected chi connectivity index (χ0v) is 12.1. The monoisotopic (exact) mass is 293 g/mol. The van der Waals surface area contributed by atoms with Gasteiger partial charge in [-0.05, 0) is 6.92 Å². The molecule has 2 rings (SSSR count). The predicted octanol–water partition coefficient (Wildman–Crippen LogP) is 0.917. The minimum Gasteiger partial charge on any atom is -0.379 e. The molecule has 0 saturated carbocycles. The minimum atomic E-state index is -0.779. The van der Waals surface area contributed by atoms with E-state index < -0.39 is 10.3 Å². The topological polar surface area (TPSA) is 98.7 Å². The van der Waals surface area contributed by atoms with E-state index in [1.807, 2.05) is 0 Å². The lowest BCUT2D eigenvalue weighted by Crippen LogP contribution is -2.50. The molecule has 2 N–H and O–H groups in total. The molecule has 1 heterocycles. The van der Waals surface area contributed by atoms with Crippen LogP contribution in [-0.2, 0) is 16.1 Å². The van der Waals surface area contributed by atoms with Gasteiger partial charge < -0.3 is 15.4 Å². The second kappa shape index (κ2) is 5.79. The van der Waals surface area contributed by atoms with E-state index in [1.165, 1.54) is 11.0 Å². The summed E-state index contributed by atoms with van der Waals surface area (Å²) in [5, 5.41) is 11.0. The number of nitrogens with zero attached hydrogens (tertiary/aromatic N) is 2. The first-order valence-electron chi connectivity index (χ1n) is 6.67. The molecule has 1 aromatic rings. The molecule has 2 unspecified atom stereocenters. The van der Waals surface area contributed by atoms with Crippen molar-refractivity contribution in [2.24, 2.45) is 11.1 Å². The van der Waals surface area contributed by atoms with Crippen molar-refractivity contribution in [1.82, 2.24) is 4.90 Å². The van der Waals surface area contributed by atoms with E-state index in [0.717, 1.165) is 0 Å². The molecule has 1 saturated heterocycles. The number of amides is 1. The number of ether oxygens (including phenoxy) is 1. The van der Waals surface area contributed by atoms with Crippen molar-refractivity contribution >= 4 is 11.6 Å². The van der Waals surface area contributed by atoms with Gasteiger partial charge in [0.15, 0.2) is 0 Å². The fourth-order valence-electron chi connectivity index (χ4n) is 2.50. The molecule has 0 spiro atoms. The largest absolute Gasteiger partial charge is 0.379 e. The normalized spacial score (nSPS) is 24.8. The summed E-state index contributed by atoms with van der Waals surface area (Å²) in [7, 11) is 1.62.